The Bertz CT molecular complexity index is 592. The van der Waals surface area contributed by atoms with Crippen LogP contribution in [0.3, 0.4) is 0 Å². The summed E-state index contributed by atoms with van der Waals surface area (Å²) in [6.45, 7) is 4.24. The van der Waals surface area contributed by atoms with Crippen LogP contribution in [-0.2, 0) is 19.2 Å². The van der Waals surface area contributed by atoms with Crippen molar-refractivity contribution in [2.75, 3.05) is 0 Å². The van der Waals surface area contributed by atoms with E-state index in [4.69, 9.17) is 0 Å². The third-order valence-corrected chi connectivity index (χ3v) is 7.98. The molecular weight excluding hydrogens is 452 g/mol. The first-order valence-corrected chi connectivity index (χ1v) is 13.5. The van der Waals surface area contributed by atoms with Gasteiger partial charge in [-0.2, -0.15) is 0 Å². The highest BCUT2D eigenvalue weighted by Gasteiger charge is 2.43. The maximum atomic E-state index is 11.8. The van der Waals surface area contributed by atoms with Gasteiger partial charge in [-0.05, 0) is 36.5 Å². The smallest absolute Gasteiger partial charge is 0.317 e. The van der Waals surface area contributed by atoms with Crippen LogP contribution in [0.5, 0.6) is 0 Å². The second kappa shape index (κ2) is 16.5. The second-order valence-electron chi connectivity index (χ2n) is 10.4. The van der Waals surface area contributed by atoms with Gasteiger partial charge in [0.15, 0.2) is 11.8 Å². The molecule has 8 nitrogen and oxygen atoms in total. The van der Waals surface area contributed by atoms with Crippen LogP contribution in [0.25, 0.3) is 0 Å². The molecule has 202 valence electrons. The summed E-state index contributed by atoms with van der Waals surface area (Å²) in [6.07, 6.45) is 12.4. The number of hydrogen-bond acceptors (Lipinski definition) is 4. The Hall–Kier alpha value is -2.12. The Morgan fingerprint density at radius 1 is 0.600 bits per heavy atom. The lowest BCUT2D eigenvalue weighted by molar-refractivity contribution is -0.159. The molecule has 1 aliphatic carbocycles. The van der Waals surface area contributed by atoms with Gasteiger partial charge in [0.1, 0.15) is 0 Å². The van der Waals surface area contributed by atoms with E-state index in [2.05, 4.69) is 13.8 Å². The zero-order valence-corrected chi connectivity index (χ0v) is 21.5. The molecule has 0 saturated heterocycles. The molecule has 0 bridgehead atoms. The monoisotopic (exact) mass is 498 g/mol. The van der Waals surface area contributed by atoms with Gasteiger partial charge in [-0.3, -0.25) is 19.2 Å². The van der Waals surface area contributed by atoms with Crippen molar-refractivity contribution < 1.29 is 39.6 Å². The molecule has 0 aromatic rings. The Kier molecular flexibility index (Phi) is 14.6. The summed E-state index contributed by atoms with van der Waals surface area (Å²) in [5.74, 6) is -9.22. The fraction of sp³-hybridized carbons (Fsp3) is 0.852. The molecule has 4 atom stereocenters. The number of aliphatic carboxylic acids is 4. The molecule has 0 heterocycles. The minimum Gasteiger partial charge on any atom is -0.481 e. The van der Waals surface area contributed by atoms with E-state index in [-0.39, 0.29) is 36.5 Å². The molecule has 4 unspecified atom stereocenters. The van der Waals surface area contributed by atoms with Crippen LogP contribution in [0.1, 0.15) is 110 Å². The second-order valence-corrected chi connectivity index (χ2v) is 10.4. The van der Waals surface area contributed by atoms with Crippen molar-refractivity contribution in [3.05, 3.63) is 0 Å². The van der Waals surface area contributed by atoms with Crippen LogP contribution < -0.4 is 0 Å². The van der Waals surface area contributed by atoms with E-state index in [1.165, 1.54) is 0 Å². The van der Waals surface area contributed by atoms with Gasteiger partial charge >= 0.3 is 23.9 Å². The molecule has 1 saturated carbocycles. The van der Waals surface area contributed by atoms with Crippen LogP contribution in [-0.4, -0.2) is 44.3 Å². The first kappa shape index (κ1) is 30.9. The molecule has 0 aromatic heterocycles. The van der Waals surface area contributed by atoms with Crippen LogP contribution in [0, 0.1) is 35.5 Å². The Morgan fingerprint density at radius 2 is 0.943 bits per heavy atom. The summed E-state index contributed by atoms with van der Waals surface area (Å²) in [5, 5.41) is 38.5. The Morgan fingerprint density at radius 3 is 1.23 bits per heavy atom. The quantitative estimate of drug-likeness (QED) is 0.103. The minimum absolute atomic E-state index is 0.0712. The van der Waals surface area contributed by atoms with Crippen molar-refractivity contribution in [1.82, 2.24) is 0 Å². The fourth-order valence-corrected chi connectivity index (χ4v) is 6.05. The van der Waals surface area contributed by atoms with Crippen molar-refractivity contribution in [3.8, 4) is 0 Å². The van der Waals surface area contributed by atoms with Crippen LogP contribution >= 0.6 is 0 Å². The van der Waals surface area contributed by atoms with Crippen molar-refractivity contribution >= 4 is 23.9 Å². The zero-order valence-electron chi connectivity index (χ0n) is 21.5. The molecule has 0 amide bonds. The number of hydrogen-bond donors (Lipinski definition) is 4. The topological polar surface area (TPSA) is 149 Å². The Labute approximate surface area is 209 Å². The highest BCUT2D eigenvalue weighted by atomic mass is 16.4. The highest BCUT2D eigenvalue weighted by Crippen LogP contribution is 2.47. The van der Waals surface area contributed by atoms with Gasteiger partial charge in [0.05, 0.1) is 0 Å². The maximum absolute atomic E-state index is 11.8. The first-order chi connectivity index (χ1) is 16.6. The lowest BCUT2D eigenvalue weighted by Crippen LogP contribution is -2.37. The van der Waals surface area contributed by atoms with Crippen LogP contribution in [0.4, 0.5) is 0 Å². The van der Waals surface area contributed by atoms with E-state index in [1.54, 1.807) is 0 Å². The summed E-state index contributed by atoms with van der Waals surface area (Å²) in [4.78, 5) is 47.2. The van der Waals surface area contributed by atoms with E-state index >= 15 is 0 Å². The SMILES string of the molecule is CCCCCCC1CCCC(CCCCCC)C(CC(C(=O)O)C(=O)O)C1CC(C(=O)O)C(=O)O. The minimum atomic E-state index is -1.58. The van der Waals surface area contributed by atoms with Gasteiger partial charge in [-0.1, -0.05) is 97.3 Å². The van der Waals surface area contributed by atoms with Gasteiger partial charge in [-0.25, -0.2) is 0 Å². The molecule has 4 N–H and O–H groups in total. The Balaban J connectivity index is 3.35. The summed E-state index contributed by atoms with van der Waals surface area (Å²) in [7, 11) is 0. The van der Waals surface area contributed by atoms with Gasteiger partial charge in [0.2, 0.25) is 0 Å². The summed E-state index contributed by atoms with van der Waals surface area (Å²) < 4.78 is 0. The summed E-state index contributed by atoms with van der Waals surface area (Å²) >= 11 is 0. The van der Waals surface area contributed by atoms with Crippen molar-refractivity contribution in [2.45, 2.75) is 110 Å². The molecule has 0 aliphatic heterocycles. The van der Waals surface area contributed by atoms with E-state index in [0.717, 1.165) is 83.5 Å². The van der Waals surface area contributed by atoms with E-state index in [9.17, 15) is 39.6 Å². The van der Waals surface area contributed by atoms with Gasteiger partial charge in [0.25, 0.3) is 0 Å². The number of carboxylic acid groups (broad SMARTS) is 4. The standard InChI is InChI=1S/C27H46O8/c1-3-5-7-9-12-18-14-11-15-19(13-10-8-6-4-2)21(17-23(26(32)33)27(34)35)20(18)16-22(24(28)29)25(30)31/h18-23H,3-17H2,1-2H3,(H,28,29)(H,30,31)(H,32,33)(H,34,35). The zero-order chi connectivity index (χ0) is 26.4. The van der Waals surface area contributed by atoms with Crippen LogP contribution in [0.2, 0.25) is 0 Å². The highest BCUT2D eigenvalue weighted by molar-refractivity contribution is 5.93. The van der Waals surface area contributed by atoms with Crippen molar-refractivity contribution in [3.63, 3.8) is 0 Å². The average molecular weight is 499 g/mol. The molecule has 0 radical (unpaired) electrons. The number of unbranched alkanes of at least 4 members (excludes halogenated alkanes) is 6. The van der Waals surface area contributed by atoms with Crippen molar-refractivity contribution in [1.29, 1.82) is 0 Å². The van der Waals surface area contributed by atoms with Crippen molar-refractivity contribution in [2.24, 2.45) is 35.5 Å². The number of carbonyl (C=O) groups is 4. The number of carboxylic acids is 4. The molecule has 1 aliphatic rings. The number of rotatable bonds is 18. The molecule has 0 aromatic carbocycles. The third-order valence-electron chi connectivity index (χ3n) is 7.98. The molecule has 35 heavy (non-hydrogen) atoms. The molecular formula is C27H46O8. The predicted octanol–water partition coefficient (Wildman–Crippen LogP) is 5.93. The van der Waals surface area contributed by atoms with E-state index < -0.39 is 35.7 Å². The van der Waals surface area contributed by atoms with Gasteiger partial charge in [-0.15, -0.1) is 0 Å². The molecule has 0 spiro atoms. The first-order valence-electron chi connectivity index (χ1n) is 13.5. The lowest BCUT2D eigenvalue weighted by atomic mass is 9.67. The lowest BCUT2D eigenvalue weighted by Gasteiger charge is -2.37. The normalized spacial score (nSPS) is 22.7. The summed E-state index contributed by atoms with van der Waals surface area (Å²) in [6, 6.07) is 0. The van der Waals surface area contributed by atoms with E-state index in [0.29, 0.717) is 0 Å². The molecule has 1 fully saturated rings. The predicted molar refractivity (Wildman–Crippen MR) is 132 cm³/mol. The maximum Gasteiger partial charge on any atom is 0.317 e. The molecule has 8 heteroatoms. The van der Waals surface area contributed by atoms with Gasteiger partial charge in [0, 0.05) is 0 Å². The third kappa shape index (κ3) is 10.6. The van der Waals surface area contributed by atoms with Gasteiger partial charge < -0.3 is 20.4 Å². The molecule has 1 rings (SSSR count). The van der Waals surface area contributed by atoms with E-state index in [1.807, 2.05) is 0 Å². The fourth-order valence-electron chi connectivity index (χ4n) is 6.05. The summed E-state index contributed by atoms with van der Waals surface area (Å²) in [5.41, 5.74) is 0. The largest absolute Gasteiger partial charge is 0.481 e. The average Bonchev–Trinajstić information content (AvgIpc) is 2.94. The van der Waals surface area contributed by atoms with Crippen LogP contribution in [0.15, 0.2) is 0 Å².